The fourth-order valence-corrected chi connectivity index (χ4v) is 7.80. The minimum absolute atomic E-state index is 0.105. The third-order valence-electron chi connectivity index (χ3n) is 11.9. The highest BCUT2D eigenvalue weighted by Crippen LogP contribution is 2.17. The van der Waals surface area contributed by atoms with Crippen molar-refractivity contribution in [3.05, 3.63) is 97.2 Å². The van der Waals surface area contributed by atoms with Gasteiger partial charge < -0.3 is 14.6 Å². The normalized spacial score (nSPS) is 13.0. The number of carbonyl (C=O) groups excluding carboxylic acids is 2. The maximum absolute atomic E-state index is 12.3. The third-order valence-corrected chi connectivity index (χ3v) is 11.9. The zero-order valence-corrected chi connectivity index (χ0v) is 43.2. The standard InChI is InChI=1S/C61H104O5/c1-3-5-7-9-11-13-15-17-18-19-20-21-22-23-24-25-26-27-28-29-30-31-32-33-34-35-36-37-38-39-40-41-42-44-46-48-50-52-54-56-61(64)66-59(57-62)58-65-60(63)55-53-51-49-47-45-43-16-14-12-10-8-6-4-2/h5-8,11-14,17-18,20-21,43,45,49,51,59,62H,3-4,9-10,15-16,19,22-42,44,46-48,50,52-58H2,1-2H3/b7-5-,8-6-,13-11-,14-12-,18-17-,21-20-,45-43-,51-49-. The summed E-state index contributed by atoms with van der Waals surface area (Å²) in [5, 5.41) is 9.60. The van der Waals surface area contributed by atoms with Gasteiger partial charge in [-0.05, 0) is 77.0 Å². The lowest BCUT2D eigenvalue weighted by Gasteiger charge is -2.15. The Morgan fingerprint density at radius 1 is 0.348 bits per heavy atom. The number of aliphatic hydroxyl groups is 1. The van der Waals surface area contributed by atoms with Crippen molar-refractivity contribution in [3.63, 3.8) is 0 Å². The van der Waals surface area contributed by atoms with Crippen LogP contribution in [-0.2, 0) is 19.1 Å². The van der Waals surface area contributed by atoms with E-state index in [0.717, 1.165) is 70.6 Å². The zero-order chi connectivity index (χ0) is 47.7. The van der Waals surface area contributed by atoms with E-state index < -0.39 is 6.10 Å². The number of allylic oxidation sites excluding steroid dienone is 16. The van der Waals surface area contributed by atoms with E-state index >= 15 is 0 Å². The second kappa shape index (κ2) is 56.1. The Bertz CT molecular complexity index is 1270. The van der Waals surface area contributed by atoms with Gasteiger partial charge in [0.05, 0.1) is 6.61 Å². The second-order valence-electron chi connectivity index (χ2n) is 18.2. The number of ether oxygens (including phenoxy) is 2. The van der Waals surface area contributed by atoms with E-state index in [9.17, 15) is 14.7 Å². The van der Waals surface area contributed by atoms with Crippen molar-refractivity contribution < 1.29 is 24.2 Å². The molecule has 0 radical (unpaired) electrons. The number of hydrogen-bond acceptors (Lipinski definition) is 5. The predicted molar refractivity (Wildman–Crippen MR) is 288 cm³/mol. The molecule has 0 spiro atoms. The maximum Gasteiger partial charge on any atom is 0.306 e. The van der Waals surface area contributed by atoms with Gasteiger partial charge in [0.25, 0.3) is 0 Å². The van der Waals surface area contributed by atoms with Crippen LogP contribution in [0.15, 0.2) is 97.2 Å². The topological polar surface area (TPSA) is 72.8 Å². The van der Waals surface area contributed by atoms with Gasteiger partial charge in [0.15, 0.2) is 6.10 Å². The van der Waals surface area contributed by atoms with Crippen molar-refractivity contribution in [1.29, 1.82) is 0 Å². The van der Waals surface area contributed by atoms with Crippen LogP contribution in [0.3, 0.4) is 0 Å². The van der Waals surface area contributed by atoms with Crippen molar-refractivity contribution in [1.82, 2.24) is 0 Å². The lowest BCUT2D eigenvalue weighted by Crippen LogP contribution is -2.28. The zero-order valence-electron chi connectivity index (χ0n) is 43.2. The molecule has 0 aromatic carbocycles. The average Bonchev–Trinajstić information content (AvgIpc) is 3.32. The molecular weight excluding hydrogens is 813 g/mol. The molecule has 0 aliphatic rings. The highest BCUT2D eigenvalue weighted by atomic mass is 16.6. The summed E-state index contributed by atoms with van der Waals surface area (Å²) < 4.78 is 10.6. The Balaban J connectivity index is 3.42. The van der Waals surface area contributed by atoms with Gasteiger partial charge in [-0.1, -0.05) is 265 Å². The lowest BCUT2D eigenvalue weighted by atomic mass is 10.0. The molecule has 0 aromatic rings. The largest absolute Gasteiger partial charge is 0.462 e. The first-order chi connectivity index (χ1) is 32.6. The molecule has 5 heteroatoms. The summed E-state index contributed by atoms with van der Waals surface area (Å²) in [5.74, 6) is -0.681. The first kappa shape index (κ1) is 62.8. The van der Waals surface area contributed by atoms with Crippen molar-refractivity contribution in [2.24, 2.45) is 0 Å². The quantitative estimate of drug-likeness (QED) is 0.0374. The Labute approximate surface area is 408 Å². The van der Waals surface area contributed by atoms with Crippen LogP contribution in [0.5, 0.6) is 0 Å². The smallest absolute Gasteiger partial charge is 0.306 e. The van der Waals surface area contributed by atoms with Crippen molar-refractivity contribution >= 4 is 11.9 Å². The summed E-state index contributed by atoms with van der Waals surface area (Å²) in [7, 11) is 0. The summed E-state index contributed by atoms with van der Waals surface area (Å²) in [4.78, 5) is 24.3. The monoisotopic (exact) mass is 917 g/mol. The Morgan fingerprint density at radius 2 is 0.636 bits per heavy atom. The molecule has 0 rings (SSSR count). The summed E-state index contributed by atoms with van der Waals surface area (Å²) in [6.07, 6.45) is 80.0. The molecule has 66 heavy (non-hydrogen) atoms. The molecule has 1 N–H and O–H groups in total. The number of aliphatic hydroxyl groups excluding tert-OH is 1. The highest BCUT2D eigenvalue weighted by Gasteiger charge is 2.16. The fraction of sp³-hybridized carbons (Fsp3) is 0.705. The molecule has 0 bridgehead atoms. The van der Waals surface area contributed by atoms with Gasteiger partial charge in [-0.3, -0.25) is 9.59 Å². The Morgan fingerprint density at radius 3 is 0.970 bits per heavy atom. The molecule has 0 heterocycles. The maximum atomic E-state index is 12.3. The Kier molecular flexibility index (Phi) is 53.4. The van der Waals surface area contributed by atoms with E-state index in [1.807, 2.05) is 12.2 Å². The van der Waals surface area contributed by atoms with E-state index in [0.29, 0.717) is 12.8 Å². The molecule has 0 saturated carbocycles. The molecular formula is C61H104O5. The molecule has 0 saturated heterocycles. The van der Waals surface area contributed by atoms with Crippen LogP contribution in [0, 0.1) is 0 Å². The number of esters is 2. The molecule has 0 aliphatic carbocycles. The molecule has 0 aromatic heterocycles. The van der Waals surface area contributed by atoms with Gasteiger partial charge in [-0.15, -0.1) is 0 Å². The number of carbonyl (C=O) groups is 2. The van der Waals surface area contributed by atoms with E-state index in [1.165, 1.54) is 154 Å². The van der Waals surface area contributed by atoms with Gasteiger partial charge in [-0.2, -0.15) is 0 Å². The fourth-order valence-electron chi connectivity index (χ4n) is 7.80. The van der Waals surface area contributed by atoms with Crippen LogP contribution in [0.25, 0.3) is 0 Å². The van der Waals surface area contributed by atoms with Crippen molar-refractivity contribution in [2.75, 3.05) is 13.2 Å². The lowest BCUT2D eigenvalue weighted by molar-refractivity contribution is -0.161. The van der Waals surface area contributed by atoms with E-state index in [1.54, 1.807) is 0 Å². The minimum atomic E-state index is -0.803. The second-order valence-corrected chi connectivity index (χ2v) is 18.2. The molecule has 1 unspecified atom stereocenters. The van der Waals surface area contributed by atoms with Gasteiger partial charge in [-0.25, -0.2) is 0 Å². The van der Waals surface area contributed by atoms with Crippen LogP contribution < -0.4 is 0 Å². The summed E-state index contributed by atoms with van der Waals surface area (Å²) in [5.41, 5.74) is 0. The van der Waals surface area contributed by atoms with Crippen LogP contribution in [0.2, 0.25) is 0 Å². The van der Waals surface area contributed by atoms with Crippen LogP contribution >= 0.6 is 0 Å². The van der Waals surface area contributed by atoms with E-state index in [-0.39, 0.29) is 31.6 Å². The molecule has 1 atom stereocenters. The molecule has 0 aliphatic heterocycles. The number of rotatable bonds is 50. The summed E-state index contributed by atoms with van der Waals surface area (Å²) in [6.45, 7) is 3.85. The van der Waals surface area contributed by atoms with Gasteiger partial charge in [0.1, 0.15) is 6.61 Å². The van der Waals surface area contributed by atoms with E-state index in [4.69, 9.17) is 9.47 Å². The molecule has 0 amide bonds. The minimum Gasteiger partial charge on any atom is -0.462 e. The predicted octanol–water partition coefficient (Wildman–Crippen LogP) is 18.7. The molecule has 5 nitrogen and oxygen atoms in total. The number of unbranched alkanes of at least 4 members (excludes halogenated alkanes) is 26. The highest BCUT2D eigenvalue weighted by molar-refractivity contribution is 5.70. The van der Waals surface area contributed by atoms with Gasteiger partial charge >= 0.3 is 11.9 Å². The van der Waals surface area contributed by atoms with Gasteiger partial charge in [0, 0.05) is 12.8 Å². The SMILES string of the molecule is CC/C=C\C/C=C\C/C=C\C/C=C\CCCCCCCCCCCCCCCCCCCCCCCCCCCCC(=O)OC(CO)COC(=O)CC/C=C\C/C=C\C/C=C\C/C=C\CC. The first-order valence-corrected chi connectivity index (χ1v) is 27.8. The van der Waals surface area contributed by atoms with Crippen molar-refractivity contribution in [3.8, 4) is 0 Å². The molecule has 378 valence electrons. The van der Waals surface area contributed by atoms with Gasteiger partial charge in [0.2, 0.25) is 0 Å². The van der Waals surface area contributed by atoms with Crippen molar-refractivity contribution in [2.45, 2.75) is 264 Å². The van der Waals surface area contributed by atoms with Crippen LogP contribution in [0.1, 0.15) is 258 Å². The third kappa shape index (κ3) is 53.4. The van der Waals surface area contributed by atoms with Crippen LogP contribution in [-0.4, -0.2) is 36.4 Å². The molecule has 0 fully saturated rings. The first-order valence-electron chi connectivity index (χ1n) is 27.8. The van der Waals surface area contributed by atoms with E-state index in [2.05, 4.69) is 98.9 Å². The summed E-state index contributed by atoms with van der Waals surface area (Å²) >= 11 is 0. The van der Waals surface area contributed by atoms with Crippen LogP contribution in [0.4, 0.5) is 0 Å². The summed E-state index contributed by atoms with van der Waals surface area (Å²) in [6, 6.07) is 0. The Hall–Kier alpha value is -3.18. The average molecular weight is 917 g/mol. The number of hydrogen-bond donors (Lipinski definition) is 1.